The van der Waals surface area contributed by atoms with Crippen molar-refractivity contribution < 1.29 is 14.4 Å². The molecule has 3 amide bonds. The molecule has 136 valence electrons. The molecule has 0 aliphatic carbocycles. The van der Waals surface area contributed by atoms with Crippen LogP contribution in [0.5, 0.6) is 0 Å². The molecule has 0 radical (unpaired) electrons. The number of hydrogen-bond acceptors (Lipinski definition) is 3. The van der Waals surface area contributed by atoms with Crippen LogP contribution in [0.3, 0.4) is 0 Å². The highest BCUT2D eigenvalue weighted by Crippen LogP contribution is 2.19. The number of benzene rings is 2. The van der Waals surface area contributed by atoms with Crippen LogP contribution in [-0.2, 0) is 16.1 Å². The van der Waals surface area contributed by atoms with Crippen LogP contribution in [0.25, 0.3) is 0 Å². The van der Waals surface area contributed by atoms with Crippen molar-refractivity contribution in [3.05, 3.63) is 64.7 Å². The topological polar surface area (TPSA) is 87.3 Å². The summed E-state index contributed by atoms with van der Waals surface area (Å²) in [5.41, 5.74) is 4.06. The average molecular weight is 353 g/mol. The molecular formula is C20H23N3O3. The molecule has 2 rings (SSSR count). The summed E-state index contributed by atoms with van der Waals surface area (Å²) in [5, 5.41) is 8.13. The van der Waals surface area contributed by atoms with Crippen LogP contribution in [0.15, 0.2) is 42.5 Å². The molecule has 0 aromatic heterocycles. The van der Waals surface area contributed by atoms with Crippen molar-refractivity contribution in [3.63, 3.8) is 0 Å². The quantitative estimate of drug-likeness (QED) is 0.745. The van der Waals surface area contributed by atoms with Gasteiger partial charge in [-0.2, -0.15) is 0 Å². The third-order valence-electron chi connectivity index (χ3n) is 3.91. The first kappa shape index (κ1) is 19.2. The van der Waals surface area contributed by atoms with E-state index in [9.17, 15) is 14.4 Å². The van der Waals surface area contributed by atoms with E-state index >= 15 is 0 Å². The molecule has 2 aromatic rings. The zero-order valence-corrected chi connectivity index (χ0v) is 15.2. The highest BCUT2D eigenvalue weighted by Gasteiger charge is 2.10. The Bertz CT molecular complexity index is 793. The standard InChI is InChI=1S/C20H23N3O3/c1-13-5-4-6-14(2)19(13)23-18(25)12-22-20(26)17-9-7-16(8-10-17)11-21-15(3)24/h4-10H,11-12H2,1-3H3,(H,21,24)(H,22,26)(H,23,25). The van der Waals surface area contributed by atoms with E-state index in [2.05, 4.69) is 16.0 Å². The van der Waals surface area contributed by atoms with Crippen LogP contribution < -0.4 is 16.0 Å². The summed E-state index contributed by atoms with van der Waals surface area (Å²) in [7, 11) is 0. The van der Waals surface area contributed by atoms with Crippen molar-refractivity contribution in [3.8, 4) is 0 Å². The van der Waals surface area contributed by atoms with Crippen LogP contribution in [-0.4, -0.2) is 24.3 Å². The first-order valence-electron chi connectivity index (χ1n) is 8.34. The van der Waals surface area contributed by atoms with Gasteiger partial charge >= 0.3 is 0 Å². The number of anilines is 1. The van der Waals surface area contributed by atoms with E-state index in [1.807, 2.05) is 32.0 Å². The van der Waals surface area contributed by atoms with Gasteiger partial charge in [0, 0.05) is 24.7 Å². The largest absolute Gasteiger partial charge is 0.352 e. The minimum Gasteiger partial charge on any atom is -0.352 e. The van der Waals surface area contributed by atoms with E-state index in [4.69, 9.17) is 0 Å². The van der Waals surface area contributed by atoms with Gasteiger partial charge in [0.2, 0.25) is 11.8 Å². The zero-order valence-electron chi connectivity index (χ0n) is 15.2. The van der Waals surface area contributed by atoms with Crippen molar-refractivity contribution in [2.45, 2.75) is 27.3 Å². The predicted octanol–water partition coefficient (Wildman–Crippen LogP) is 2.31. The molecule has 0 fully saturated rings. The molecule has 0 spiro atoms. The molecule has 26 heavy (non-hydrogen) atoms. The van der Waals surface area contributed by atoms with Gasteiger partial charge in [-0.05, 0) is 42.7 Å². The molecule has 0 heterocycles. The van der Waals surface area contributed by atoms with Gasteiger partial charge in [0.15, 0.2) is 0 Å². The second-order valence-electron chi connectivity index (χ2n) is 6.10. The third kappa shape index (κ3) is 5.44. The van der Waals surface area contributed by atoms with Gasteiger partial charge in [-0.1, -0.05) is 30.3 Å². The highest BCUT2D eigenvalue weighted by atomic mass is 16.2. The Hall–Kier alpha value is -3.15. The van der Waals surface area contributed by atoms with Crippen LogP contribution in [0.4, 0.5) is 5.69 Å². The highest BCUT2D eigenvalue weighted by molar-refractivity contribution is 5.99. The summed E-state index contributed by atoms with van der Waals surface area (Å²) in [6, 6.07) is 12.6. The number of carbonyl (C=O) groups excluding carboxylic acids is 3. The molecule has 0 atom stereocenters. The number of nitrogens with one attached hydrogen (secondary N) is 3. The second-order valence-corrected chi connectivity index (χ2v) is 6.10. The maximum absolute atomic E-state index is 12.2. The minimum absolute atomic E-state index is 0.110. The van der Waals surface area contributed by atoms with E-state index in [1.54, 1.807) is 24.3 Å². The van der Waals surface area contributed by atoms with Crippen LogP contribution in [0, 0.1) is 13.8 Å². The fraction of sp³-hybridized carbons (Fsp3) is 0.250. The molecule has 0 aliphatic rings. The second kappa shape index (κ2) is 8.80. The maximum atomic E-state index is 12.2. The number of amides is 3. The molecule has 6 heteroatoms. The monoisotopic (exact) mass is 353 g/mol. The average Bonchev–Trinajstić information content (AvgIpc) is 2.61. The molecule has 0 bridgehead atoms. The van der Waals surface area contributed by atoms with Gasteiger partial charge < -0.3 is 16.0 Å². The van der Waals surface area contributed by atoms with E-state index in [0.29, 0.717) is 12.1 Å². The molecule has 2 aromatic carbocycles. The van der Waals surface area contributed by atoms with Gasteiger partial charge in [0.25, 0.3) is 5.91 Å². The lowest BCUT2D eigenvalue weighted by Crippen LogP contribution is -2.33. The maximum Gasteiger partial charge on any atom is 0.251 e. The van der Waals surface area contributed by atoms with E-state index in [0.717, 1.165) is 22.4 Å². The van der Waals surface area contributed by atoms with Crippen molar-refractivity contribution in [2.75, 3.05) is 11.9 Å². The fourth-order valence-corrected chi connectivity index (χ4v) is 2.46. The Morgan fingerprint density at radius 2 is 1.50 bits per heavy atom. The first-order valence-corrected chi connectivity index (χ1v) is 8.34. The summed E-state index contributed by atoms with van der Waals surface area (Å²) in [5.74, 6) is -0.715. The minimum atomic E-state index is -0.326. The third-order valence-corrected chi connectivity index (χ3v) is 3.91. The summed E-state index contributed by atoms with van der Waals surface area (Å²) in [4.78, 5) is 35.1. The number of aryl methyl sites for hydroxylation is 2. The van der Waals surface area contributed by atoms with Crippen LogP contribution in [0.1, 0.15) is 34.0 Å². The van der Waals surface area contributed by atoms with Gasteiger partial charge in [0.05, 0.1) is 6.54 Å². The van der Waals surface area contributed by atoms with Crippen molar-refractivity contribution >= 4 is 23.4 Å². The lowest BCUT2D eigenvalue weighted by molar-refractivity contribution is -0.119. The molecule has 0 saturated carbocycles. The molecule has 0 unspecified atom stereocenters. The summed E-state index contributed by atoms with van der Waals surface area (Å²) in [6.45, 7) is 5.59. The van der Waals surface area contributed by atoms with Gasteiger partial charge in [-0.15, -0.1) is 0 Å². The zero-order chi connectivity index (χ0) is 19.1. The summed E-state index contributed by atoms with van der Waals surface area (Å²) in [6.07, 6.45) is 0. The lowest BCUT2D eigenvalue weighted by Gasteiger charge is -2.12. The molecular weight excluding hydrogens is 330 g/mol. The van der Waals surface area contributed by atoms with E-state index in [1.165, 1.54) is 6.92 Å². The fourth-order valence-electron chi connectivity index (χ4n) is 2.46. The molecule has 0 aliphatic heterocycles. The predicted molar refractivity (Wildman–Crippen MR) is 101 cm³/mol. The Kier molecular flexibility index (Phi) is 6.49. The van der Waals surface area contributed by atoms with Crippen molar-refractivity contribution in [1.29, 1.82) is 0 Å². The first-order chi connectivity index (χ1) is 12.4. The Morgan fingerprint density at radius 3 is 2.08 bits per heavy atom. The van der Waals surface area contributed by atoms with Crippen molar-refractivity contribution in [1.82, 2.24) is 10.6 Å². The number of rotatable bonds is 6. The Labute approximate surface area is 153 Å². The Balaban J connectivity index is 1.87. The summed E-state index contributed by atoms with van der Waals surface area (Å²) >= 11 is 0. The number of carbonyl (C=O) groups is 3. The van der Waals surface area contributed by atoms with Gasteiger partial charge in [-0.3, -0.25) is 14.4 Å². The molecule has 0 saturated heterocycles. The number of hydrogen-bond donors (Lipinski definition) is 3. The molecule has 3 N–H and O–H groups in total. The normalized spacial score (nSPS) is 10.1. The van der Waals surface area contributed by atoms with Gasteiger partial charge in [-0.25, -0.2) is 0 Å². The SMILES string of the molecule is CC(=O)NCc1ccc(C(=O)NCC(=O)Nc2c(C)cccc2C)cc1. The van der Waals surface area contributed by atoms with E-state index in [-0.39, 0.29) is 24.3 Å². The van der Waals surface area contributed by atoms with E-state index < -0.39 is 0 Å². The molecule has 6 nitrogen and oxygen atoms in total. The van der Waals surface area contributed by atoms with Crippen LogP contribution >= 0.6 is 0 Å². The lowest BCUT2D eigenvalue weighted by atomic mass is 10.1. The van der Waals surface area contributed by atoms with Gasteiger partial charge in [0.1, 0.15) is 0 Å². The smallest absolute Gasteiger partial charge is 0.251 e. The summed E-state index contributed by atoms with van der Waals surface area (Å²) < 4.78 is 0. The Morgan fingerprint density at radius 1 is 0.885 bits per heavy atom. The number of para-hydroxylation sites is 1. The van der Waals surface area contributed by atoms with Crippen molar-refractivity contribution in [2.24, 2.45) is 0 Å². The van der Waals surface area contributed by atoms with Crippen LogP contribution in [0.2, 0.25) is 0 Å².